The van der Waals surface area contributed by atoms with Crippen LogP contribution in [0.4, 0.5) is 18.9 Å². The maximum atomic E-state index is 14.1. The lowest BCUT2D eigenvalue weighted by molar-refractivity contribution is -0.196. The number of hydrogen-bond acceptors (Lipinski definition) is 10. The van der Waals surface area contributed by atoms with Crippen molar-refractivity contribution in [3.05, 3.63) is 58.7 Å². The molecule has 0 aliphatic heterocycles. The first kappa shape index (κ1) is 34.3. The minimum Gasteiger partial charge on any atom is -0.505 e. The first-order valence-electron chi connectivity index (χ1n) is 14.3. The van der Waals surface area contributed by atoms with Crippen molar-refractivity contribution in [2.45, 2.75) is 41.6 Å². The van der Waals surface area contributed by atoms with Gasteiger partial charge in [-0.3, -0.25) is 33.7 Å². The van der Waals surface area contributed by atoms with E-state index in [0.29, 0.717) is 0 Å². The Kier molecular flexibility index (Phi) is 8.48. The quantitative estimate of drug-likeness (QED) is 0.171. The number of hydrogen-bond donors (Lipinski definition) is 5. The fourth-order valence-corrected chi connectivity index (χ4v) is 7.70. The number of nitrogens with zero attached hydrogens (tertiary/aromatic N) is 1. The SMILES string of the molecule is CC1c2ccc(NC(=O)C(Br)c3ccc(C(F)(F)F)cc3)c(O)c2C(=O)C2C(=O)[C@]3(O)C(=O)C(C(N)=O)C(=O)[C@@H](N(C)C)C3C(O)C21. The van der Waals surface area contributed by atoms with Gasteiger partial charge in [0.1, 0.15) is 10.6 Å². The molecule has 6 N–H and O–H groups in total. The topological polar surface area (TPSA) is 204 Å². The molecule has 250 valence electrons. The number of primary amides is 1. The molecule has 3 aliphatic rings. The Labute approximate surface area is 273 Å². The van der Waals surface area contributed by atoms with Crippen LogP contribution in [0.25, 0.3) is 0 Å². The molecular formula is C31H29BrF3N3O9. The van der Waals surface area contributed by atoms with Crippen LogP contribution in [0.15, 0.2) is 36.4 Å². The van der Waals surface area contributed by atoms with E-state index in [0.717, 1.165) is 24.3 Å². The summed E-state index contributed by atoms with van der Waals surface area (Å²) < 4.78 is 38.8. The van der Waals surface area contributed by atoms with Crippen molar-refractivity contribution in [3.8, 4) is 5.75 Å². The van der Waals surface area contributed by atoms with E-state index in [2.05, 4.69) is 21.2 Å². The summed E-state index contributed by atoms with van der Waals surface area (Å²) in [5.41, 5.74) is 0.781. The zero-order valence-corrected chi connectivity index (χ0v) is 26.5. The predicted octanol–water partition coefficient (Wildman–Crippen LogP) is 1.49. The van der Waals surface area contributed by atoms with Crippen LogP contribution in [0, 0.1) is 23.7 Å². The van der Waals surface area contributed by atoms with Gasteiger partial charge in [-0.1, -0.05) is 41.1 Å². The van der Waals surface area contributed by atoms with Gasteiger partial charge in [0, 0.05) is 5.92 Å². The summed E-state index contributed by atoms with van der Waals surface area (Å²) in [7, 11) is 2.77. The number of carbonyl (C=O) groups excluding carboxylic acids is 6. The highest BCUT2D eigenvalue weighted by molar-refractivity contribution is 9.09. The van der Waals surface area contributed by atoms with Gasteiger partial charge in [-0.2, -0.15) is 13.2 Å². The number of halogens is 4. The number of aromatic hydroxyl groups is 1. The van der Waals surface area contributed by atoms with Crippen LogP contribution in [0.3, 0.4) is 0 Å². The number of rotatable bonds is 5. The number of alkyl halides is 4. The molecule has 3 aliphatic carbocycles. The van der Waals surface area contributed by atoms with E-state index in [4.69, 9.17) is 5.73 Å². The molecule has 2 amide bonds. The molecule has 0 spiro atoms. The standard InChI is InChI=1S/C31H29BrF3N3O9/c1-10-13-8-9-14(37-29(46)20(32)11-4-6-12(7-5-11)31(33,34)35)22(39)16(13)23(40)17-15(10)24(41)19-21(38(2)3)25(42)18(28(36)45)27(44)30(19,47)26(17)43/h4-10,15,17-21,24,39,41,47H,1-3H3,(H2,36,45)(H,37,46)/t10?,15?,17?,18?,19?,20?,21-,24?,30-/m0/s1. The van der Waals surface area contributed by atoms with E-state index in [9.17, 15) is 57.3 Å². The number of benzene rings is 2. The second kappa shape index (κ2) is 11.6. The van der Waals surface area contributed by atoms with Gasteiger partial charge in [-0.25, -0.2) is 0 Å². The third-order valence-corrected chi connectivity index (χ3v) is 10.5. The van der Waals surface area contributed by atoms with Crippen LogP contribution >= 0.6 is 15.9 Å². The molecule has 9 atom stereocenters. The Morgan fingerprint density at radius 1 is 1.04 bits per heavy atom. The highest BCUT2D eigenvalue weighted by atomic mass is 79.9. The Morgan fingerprint density at radius 3 is 2.17 bits per heavy atom. The fourth-order valence-electron chi connectivity index (χ4n) is 7.28. The lowest BCUT2D eigenvalue weighted by Crippen LogP contribution is -2.77. The molecule has 0 saturated heterocycles. The summed E-state index contributed by atoms with van der Waals surface area (Å²) in [6.07, 6.45) is -6.39. The number of nitrogens with two attached hydrogens (primary N) is 1. The van der Waals surface area contributed by atoms with Gasteiger partial charge in [-0.05, 0) is 49.3 Å². The number of aliphatic hydroxyl groups excluding tert-OH is 1. The number of aliphatic hydroxyl groups is 2. The van der Waals surface area contributed by atoms with Gasteiger partial charge >= 0.3 is 6.18 Å². The van der Waals surface area contributed by atoms with Gasteiger partial charge in [0.25, 0.3) is 0 Å². The third-order valence-electron chi connectivity index (χ3n) is 9.51. The molecule has 5 rings (SSSR count). The van der Waals surface area contributed by atoms with Crippen molar-refractivity contribution in [2.24, 2.45) is 29.4 Å². The average molecular weight is 724 g/mol. The predicted molar refractivity (Wildman–Crippen MR) is 159 cm³/mol. The van der Waals surface area contributed by atoms with Crippen LogP contribution in [0.5, 0.6) is 5.75 Å². The maximum absolute atomic E-state index is 14.1. The van der Waals surface area contributed by atoms with E-state index in [1.807, 2.05) is 0 Å². The first-order valence-corrected chi connectivity index (χ1v) is 15.2. The van der Waals surface area contributed by atoms with Gasteiger partial charge in [0.05, 0.1) is 40.8 Å². The average Bonchev–Trinajstić information content (AvgIpc) is 2.99. The number of fused-ring (bicyclic) bond motifs is 3. The number of anilines is 1. The van der Waals surface area contributed by atoms with Crippen LogP contribution in [0.2, 0.25) is 0 Å². The molecule has 12 nitrogen and oxygen atoms in total. The van der Waals surface area contributed by atoms with E-state index < -0.39 is 110 Å². The van der Waals surface area contributed by atoms with Gasteiger partial charge in [0.2, 0.25) is 11.8 Å². The number of carbonyl (C=O) groups is 6. The van der Waals surface area contributed by atoms with Crippen molar-refractivity contribution < 1.29 is 57.3 Å². The number of likely N-dealkylation sites (N-methyl/N-ethyl adjacent to an activating group) is 1. The zero-order chi connectivity index (χ0) is 35.1. The summed E-state index contributed by atoms with van der Waals surface area (Å²) in [6, 6.07) is 4.86. The van der Waals surface area contributed by atoms with Crippen molar-refractivity contribution in [1.29, 1.82) is 0 Å². The smallest absolute Gasteiger partial charge is 0.416 e. The Hall–Kier alpha value is -3.99. The minimum atomic E-state index is -4.59. The van der Waals surface area contributed by atoms with Gasteiger partial charge in [0.15, 0.2) is 34.7 Å². The summed E-state index contributed by atoms with van der Waals surface area (Å²) in [5, 5.41) is 37.0. The second-order valence-electron chi connectivity index (χ2n) is 12.3. The molecule has 2 fully saturated rings. The van der Waals surface area contributed by atoms with Crippen LogP contribution in [0.1, 0.15) is 44.7 Å². The lowest BCUT2D eigenvalue weighted by atomic mass is 9.49. The largest absolute Gasteiger partial charge is 0.505 e. The highest BCUT2D eigenvalue weighted by Crippen LogP contribution is 2.55. The van der Waals surface area contributed by atoms with Crippen molar-refractivity contribution in [2.75, 3.05) is 19.4 Å². The van der Waals surface area contributed by atoms with Crippen LogP contribution in [-0.4, -0.2) is 87.0 Å². The van der Waals surface area contributed by atoms with Crippen molar-refractivity contribution in [1.82, 2.24) is 4.90 Å². The molecule has 2 aromatic rings. The molecule has 0 radical (unpaired) electrons. The van der Waals surface area contributed by atoms with E-state index in [-0.39, 0.29) is 16.8 Å². The molecule has 2 saturated carbocycles. The van der Waals surface area contributed by atoms with Gasteiger partial charge in [-0.15, -0.1) is 0 Å². The minimum absolute atomic E-state index is 0.144. The molecule has 16 heteroatoms. The highest BCUT2D eigenvalue weighted by Gasteiger charge is 2.73. The summed E-state index contributed by atoms with van der Waals surface area (Å²) in [6.45, 7) is 1.53. The second-order valence-corrected chi connectivity index (χ2v) is 13.2. The molecule has 7 unspecified atom stereocenters. The lowest BCUT2D eigenvalue weighted by Gasteiger charge is -2.56. The number of phenolic OH excluding ortho intramolecular Hbond substituents is 1. The number of phenols is 1. The summed E-state index contributed by atoms with van der Waals surface area (Å²) in [4.78, 5) is 80.0. The number of Topliss-reactive ketones (excluding diaryl/α,β-unsaturated/α-hetero) is 4. The van der Waals surface area contributed by atoms with Crippen molar-refractivity contribution >= 4 is 56.6 Å². The number of amides is 2. The van der Waals surface area contributed by atoms with E-state index >= 15 is 0 Å². The molecular weight excluding hydrogens is 695 g/mol. The molecule has 0 aromatic heterocycles. The molecule has 47 heavy (non-hydrogen) atoms. The third kappa shape index (κ3) is 5.08. The van der Waals surface area contributed by atoms with Crippen molar-refractivity contribution in [3.63, 3.8) is 0 Å². The fraction of sp³-hybridized carbons (Fsp3) is 0.419. The number of nitrogens with one attached hydrogen (secondary N) is 1. The van der Waals surface area contributed by atoms with Crippen LogP contribution in [-0.2, 0) is 30.1 Å². The molecule has 0 heterocycles. The van der Waals surface area contributed by atoms with E-state index in [1.54, 1.807) is 0 Å². The Bertz CT molecular complexity index is 1730. The normalized spacial score (nSPS) is 31.1. The zero-order valence-electron chi connectivity index (χ0n) is 24.9. The molecule has 0 bridgehead atoms. The Balaban J connectivity index is 1.52. The number of ketones is 4. The molecule has 2 aromatic carbocycles. The van der Waals surface area contributed by atoms with Gasteiger partial charge < -0.3 is 26.4 Å². The van der Waals surface area contributed by atoms with Crippen LogP contribution < -0.4 is 11.1 Å². The maximum Gasteiger partial charge on any atom is 0.416 e. The summed E-state index contributed by atoms with van der Waals surface area (Å²) >= 11 is 3.11. The Morgan fingerprint density at radius 2 is 1.64 bits per heavy atom. The first-order chi connectivity index (χ1) is 21.8. The monoisotopic (exact) mass is 723 g/mol. The summed E-state index contributed by atoms with van der Waals surface area (Å²) in [5.74, 6) is -16.1. The van der Waals surface area contributed by atoms with E-state index in [1.165, 1.54) is 38.1 Å².